The first-order valence-corrected chi connectivity index (χ1v) is 4.96. The van der Waals surface area contributed by atoms with Crippen LogP contribution in [0.4, 0.5) is 0 Å². The summed E-state index contributed by atoms with van der Waals surface area (Å²) in [6, 6.07) is 4.17. The van der Waals surface area contributed by atoms with Crippen LogP contribution in [0.2, 0.25) is 0 Å². The molecular weight excluding hydrogens is 230 g/mol. The quantitative estimate of drug-likeness (QED) is 0.825. The highest BCUT2D eigenvalue weighted by atomic mass is 79.9. The van der Waals surface area contributed by atoms with Gasteiger partial charge in [-0.1, -0.05) is 22.0 Å². The van der Waals surface area contributed by atoms with E-state index in [4.69, 9.17) is 4.84 Å². The van der Waals surface area contributed by atoms with Gasteiger partial charge in [-0.2, -0.15) is 5.48 Å². The van der Waals surface area contributed by atoms with E-state index in [9.17, 15) is 0 Å². The summed E-state index contributed by atoms with van der Waals surface area (Å²) in [7, 11) is 1.63. The first-order valence-electron chi connectivity index (χ1n) is 4.17. The van der Waals surface area contributed by atoms with Crippen LogP contribution in [-0.2, 0) is 11.4 Å². The van der Waals surface area contributed by atoms with Gasteiger partial charge in [-0.3, -0.25) is 0 Å². The zero-order chi connectivity index (χ0) is 9.84. The lowest BCUT2D eigenvalue weighted by Gasteiger charge is -2.11. The van der Waals surface area contributed by atoms with Crippen LogP contribution in [0.3, 0.4) is 0 Å². The number of rotatable bonds is 3. The van der Waals surface area contributed by atoms with Gasteiger partial charge in [0.25, 0.3) is 0 Å². The molecule has 0 aromatic heterocycles. The Bertz CT molecular complexity index is 299. The first-order chi connectivity index (χ1) is 6.16. The molecule has 2 nitrogen and oxygen atoms in total. The van der Waals surface area contributed by atoms with E-state index < -0.39 is 0 Å². The van der Waals surface area contributed by atoms with Gasteiger partial charge in [0, 0.05) is 11.0 Å². The summed E-state index contributed by atoms with van der Waals surface area (Å²) in [5, 5.41) is 0. The number of aryl methyl sites for hydroxylation is 1. The summed E-state index contributed by atoms with van der Waals surface area (Å²) in [5.74, 6) is 0. The number of halogens is 1. The van der Waals surface area contributed by atoms with Crippen molar-refractivity contribution in [2.24, 2.45) is 0 Å². The lowest BCUT2D eigenvalue weighted by Crippen LogP contribution is -2.13. The Morgan fingerprint density at radius 3 is 2.69 bits per heavy atom. The van der Waals surface area contributed by atoms with Gasteiger partial charge in [-0.05, 0) is 36.6 Å². The molecule has 1 N–H and O–H groups in total. The molecule has 72 valence electrons. The van der Waals surface area contributed by atoms with Gasteiger partial charge in [0.15, 0.2) is 0 Å². The molecule has 0 aliphatic rings. The molecule has 0 saturated carbocycles. The number of hydrogen-bond donors (Lipinski definition) is 1. The summed E-state index contributed by atoms with van der Waals surface area (Å²) >= 11 is 3.50. The van der Waals surface area contributed by atoms with Crippen molar-refractivity contribution in [2.45, 2.75) is 20.4 Å². The topological polar surface area (TPSA) is 21.3 Å². The van der Waals surface area contributed by atoms with Crippen LogP contribution in [0.1, 0.15) is 16.7 Å². The molecule has 0 spiro atoms. The van der Waals surface area contributed by atoms with Crippen LogP contribution in [0.5, 0.6) is 0 Å². The minimum atomic E-state index is 0.744. The smallest absolute Gasteiger partial charge is 0.0572 e. The average molecular weight is 244 g/mol. The number of nitrogens with one attached hydrogen (secondary N) is 1. The summed E-state index contributed by atoms with van der Waals surface area (Å²) in [6.45, 7) is 4.95. The standard InChI is InChI=1S/C10H14BrNO/c1-7-4-5-10(11)8(2)9(7)6-12-13-3/h4-5,12H,6H2,1-3H3. The second-order valence-electron chi connectivity index (χ2n) is 2.99. The Kier molecular flexibility index (Phi) is 3.90. The molecule has 0 aliphatic carbocycles. The third kappa shape index (κ3) is 2.53. The van der Waals surface area contributed by atoms with E-state index >= 15 is 0 Å². The fourth-order valence-corrected chi connectivity index (χ4v) is 1.65. The third-order valence-electron chi connectivity index (χ3n) is 2.16. The van der Waals surface area contributed by atoms with Gasteiger partial charge in [-0.25, -0.2) is 0 Å². The highest BCUT2D eigenvalue weighted by molar-refractivity contribution is 9.10. The maximum absolute atomic E-state index is 4.83. The Labute approximate surface area is 87.4 Å². The molecule has 0 heterocycles. The van der Waals surface area contributed by atoms with Crippen molar-refractivity contribution in [2.75, 3.05) is 7.11 Å². The van der Waals surface area contributed by atoms with E-state index in [1.807, 2.05) is 0 Å². The summed E-state index contributed by atoms with van der Waals surface area (Å²) in [6.07, 6.45) is 0. The molecule has 0 amide bonds. The molecule has 3 heteroatoms. The first kappa shape index (κ1) is 10.7. The molecule has 0 saturated heterocycles. The normalized spacial score (nSPS) is 10.5. The average Bonchev–Trinajstić information content (AvgIpc) is 2.12. The second kappa shape index (κ2) is 4.74. The van der Waals surface area contributed by atoms with E-state index in [0.717, 1.165) is 11.0 Å². The lowest BCUT2D eigenvalue weighted by molar-refractivity contribution is 0.0864. The zero-order valence-electron chi connectivity index (χ0n) is 8.15. The number of hydrogen-bond acceptors (Lipinski definition) is 2. The summed E-state index contributed by atoms with van der Waals surface area (Å²) in [5.41, 5.74) is 6.69. The fourth-order valence-electron chi connectivity index (χ4n) is 1.28. The molecule has 0 unspecified atom stereocenters. The molecule has 1 aromatic rings. The van der Waals surface area contributed by atoms with Crippen LogP contribution in [-0.4, -0.2) is 7.11 Å². The zero-order valence-corrected chi connectivity index (χ0v) is 9.73. The second-order valence-corrected chi connectivity index (χ2v) is 3.85. The molecule has 13 heavy (non-hydrogen) atoms. The minimum Gasteiger partial charge on any atom is -0.305 e. The van der Waals surface area contributed by atoms with Crippen LogP contribution < -0.4 is 5.48 Å². The molecule has 1 rings (SSSR count). The van der Waals surface area contributed by atoms with Crippen molar-refractivity contribution in [1.29, 1.82) is 0 Å². The maximum atomic E-state index is 4.83. The summed E-state index contributed by atoms with van der Waals surface area (Å²) < 4.78 is 1.14. The van der Waals surface area contributed by atoms with E-state index in [2.05, 4.69) is 47.4 Å². The van der Waals surface area contributed by atoms with Crippen molar-refractivity contribution in [3.8, 4) is 0 Å². The summed E-state index contributed by atoms with van der Waals surface area (Å²) in [4.78, 5) is 4.83. The van der Waals surface area contributed by atoms with Crippen molar-refractivity contribution in [3.05, 3.63) is 33.3 Å². The van der Waals surface area contributed by atoms with Crippen molar-refractivity contribution >= 4 is 15.9 Å². The largest absolute Gasteiger partial charge is 0.305 e. The Morgan fingerprint density at radius 1 is 1.38 bits per heavy atom. The van der Waals surface area contributed by atoms with Gasteiger partial charge >= 0.3 is 0 Å². The van der Waals surface area contributed by atoms with Crippen LogP contribution in [0, 0.1) is 13.8 Å². The highest BCUT2D eigenvalue weighted by Crippen LogP contribution is 2.22. The van der Waals surface area contributed by atoms with E-state index in [1.165, 1.54) is 16.7 Å². The van der Waals surface area contributed by atoms with Gasteiger partial charge < -0.3 is 4.84 Å². The third-order valence-corrected chi connectivity index (χ3v) is 3.02. The van der Waals surface area contributed by atoms with Gasteiger partial charge in [0.05, 0.1) is 7.11 Å². The minimum absolute atomic E-state index is 0.744. The van der Waals surface area contributed by atoms with Crippen LogP contribution in [0.25, 0.3) is 0 Å². The Hall–Kier alpha value is -0.380. The fraction of sp³-hybridized carbons (Fsp3) is 0.400. The van der Waals surface area contributed by atoms with Gasteiger partial charge in [0.1, 0.15) is 0 Å². The molecule has 0 aliphatic heterocycles. The van der Waals surface area contributed by atoms with E-state index in [-0.39, 0.29) is 0 Å². The highest BCUT2D eigenvalue weighted by Gasteiger charge is 2.04. The number of benzene rings is 1. The number of hydroxylamine groups is 1. The van der Waals surface area contributed by atoms with Crippen LogP contribution in [0.15, 0.2) is 16.6 Å². The lowest BCUT2D eigenvalue weighted by atomic mass is 10.0. The molecule has 0 bridgehead atoms. The monoisotopic (exact) mass is 243 g/mol. The Morgan fingerprint density at radius 2 is 2.08 bits per heavy atom. The Balaban J connectivity index is 2.96. The van der Waals surface area contributed by atoms with E-state index in [1.54, 1.807) is 7.11 Å². The maximum Gasteiger partial charge on any atom is 0.0572 e. The molecule has 0 radical (unpaired) electrons. The van der Waals surface area contributed by atoms with E-state index in [0.29, 0.717) is 0 Å². The SMILES string of the molecule is CONCc1c(C)ccc(Br)c1C. The van der Waals surface area contributed by atoms with Gasteiger partial charge in [-0.15, -0.1) is 0 Å². The van der Waals surface area contributed by atoms with Crippen molar-refractivity contribution in [1.82, 2.24) is 5.48 Å². The molecular formula is C10H14BrNO. The van der Waals surface area contributed by atoms with Gasteiger partial charge in [0.2, 0.25) is 0 Å². The predicted molar refractivity (Wildman–Crippen MR) is 57.5 cm³/mol. The van der Waals surface area contributed by atoms with Crippen molar-refractivity contribution < 1.29 is 4.84 Å². The van der Waals surface area contributed by atoms with Crippen molar-refractivity contribution in [3.63, 3.8) is 0 Å². The molecule has 0 atom stereocenters. The predicted octanol–water partition coefficient (Wildman–Crippen LogP) is 2.72. The molecule has 1 aromatic carbocycles. The van der Waals surface area contributed by atoms with Crippen LogP contribution >= 0.6 is 15.9 Å². The molecule has 0 fully saturated rings.